The van der Waals surface area contributed by atoms with Crippen LogP contribution in [0.2, 0.25) is 0 Å². The van der Waals surface area contributed by atoms with Crippen LogP contribution >= 0.6 is 0 Å². The number of carbonyl (C=O) groups excluding carboxylic acids is 1. The molecule has 94 valence electrons. The van der Waals surface area contributed by atoms with Crippen LogP contribution in [0.4, 0.5) is 0 Å². The van der Waals surface area contributed by atoms with Crippen molar-refractivity contribution in [1.82, 2.24) is 15.1 Å². The lowest BCUT2D eigenvalue weighted by Crippen LogP contribution is -2.07. The van der Waals surface area contributed by atoms with Crippen LogP contribution in [0, 0.1) is 0 Å². The molecule has 0 aromatic carbocycles. The number of nitrogens with zero attached hydrogens (tertiary/aromatic N) is 3. The monoisotopic (exact) mass is 245 g/mol. The SMILES string of the molecule is CCC(=O)C(C)c1nc(Cc2cccnc2)no1. The van der Waals surface area contributed by atoms with Crippen LogP contribution in [0.25, 0.3) is 0 Å². The summed E-state index contributed by atoms with van der Waals surface area (Å²) in [5.41, 5.74) is 1.01. The fraction of sp³-hybridized carbons (Fsp3) is 0.385. The number of rotatable bonds is 5. The maximum absolute atomic E-state index is 11.5. The van der Waals surface area contributed by atoms with Crippen LogP contribution in [-0.2, 0) is 11.2 Å². The number of pyridine rings is 1. The zero-order chi connectivity index (χ0) is 13.0. The molecule has 1 atom stereocenters. The molecule has 0 bridgehead atoms. The molecule has 0 saturated heterocycles. The highest BCUT2D eigenvalue weighted by Crippen LogP contribution is 2.16. The number of hydrogen-bond donors (Lipinski definition) is 0. The van der Waals surface area contributed by atoms with E-state index in [1.54, 1.807) is 19.3 Å². The van der Waals surface area contributed by atoms with Crippen LogP contribution in [-0.4, -0.2) is 20.9 Å². The van der Waals surface area contributed by atoms with E-state index in [2.05, 4.69) is 15.1 Å². The third-order valence-electron chi connectivity index (χ3n) is 2.77. The second kappa shape index (κ2) is 5.53. The van der Waals surface area contributed by atoms with Gasteiger partial charge in [-0.05, 0) is 18.6 Å². The molecule has 0 fully saturated rings. The molecule has 2 aromatic rings. The van der Waals surface area contributed by atoms with Crippen LogP contribution in [0.1, 0.15) is 43.5 Å². The lowest BCUT2D eigenvalue weighted by Gasteiger charge is -2.01. The van der Waals surface area contributed by atoms with E-state index in [1.807, 2.05) is 19.1 Å². The van der Waals surface area contributed by atoms with E-state index in [9.17, 15) is 4.79 Å². The molecule has 2 aromatic heterocycles. The molecule has 0 amide bonds. The van der Waals surface area contributed by atoms with Crippen LogP contribution in [0.3, 0.4) is 0 Å². The quantitative estimate of drug-likeness (QED) is 0.807. The molecular formula is C13H15N3O2. The molecule has 2 heterocycles. The van der Waals surface area contributed by atoms with Gasteiger partial charge in [0.25, 0.3) is 0 Å². The average molecular weight is 245 g/mol. The number of Topliss-reactive ketones (excluding diaryl/α,β-unsaturated/α-hetero) is 1. The van der Waals surface area contributed by atoms with E-state index in [1.165, 1.54) is 0 Å². The van der Waals surface area contributed by atoms with Gasteiger partial charge in [0.15, 0.2) is 5.82 Å². The molecule has 18 heavy (non-hydrogen) atoms. The van der Waals surface area contributed by atoms with Gasteiger partial charge < -0.3 is 4.52 Å². The van der Waals surface area contributed by atoms with Crippen LogP contribution < -0.4 is 0 Å². The smallest absolute Gasteiger partial charge is 0.236 e. The molecule has 2 rings (SSSR count). The van der Waals surface area contributed by atoms with E-state index in [0.717, 1.165) is 5.56 Å². The number of hydrogen-bond acceptors (Lipinski definition) is 5. The maximum atomic E-state index is 11.5. The van der Waals surface area contributed by atoms with Crippen molar-refractivity contribution in [3.8, 4) is 0 Å². The topological polar surface area (TPSA) is 68.9 Å². The lowest BCUT2D eigenvalue weighted by atomic mass is 10.1. The summed E-state index contributed by atoms with van der Waals surface area (Å²) >= 11 is 0. The zero-order valence-corrected chi connectivity index (χ0v) is 10.5. The number of carbonyl (C=O) groups is 1. The van der Waals surface area contributed by atoms with Gasteiger partial charge in [-0.3, -0.25) is 9.78 Å². The van der Waals surface area contributed by atoms with E-state index in [-0.39, 0.29) is 11.7 Å². The predicted molar refractivity (Wildman–Crippen MR) is 65.1 cm³/mol. The van der Waals surface area contributed by atoms with Gasteiger partial charge >= 0.3 is 0 Å². The summed E-state index contributed by atoms with van der Waals surface area (Å²) in [5.74, 6) is 0.742. The van der Waals surface area contributed by atoms with Gasteiger partial charge in [0.2, 0.25) is 5.89 Å². The Morgan fingerprint density at radius 2 is 2.33 bits per heavy atom. The van der Waals surface area contributed by atoms with Crippen molar-refractivity contribution in [2.75, 3.05) is 0 Å². The highest BCUT2D eigenvalue weighted by Gasteiger charge is 2.20. The Morgan fingerprint density at radius 3 is 3.00 bits per heavy atom. The van der Waals surface area contributed by atoms with Crippen molar-refractivity contribution in [2.45, 2.75) is 32.6 Å². The van der Waals surface area contributed by atoms with Gasteiger partial charge in [-0.2, -0.15) is 4.98 Å². The van der Waals surface area contributed by atoms with E-state index >= 15 is 0 Å². The number of ketones is 1. The largest absolute Gasteiger partial charge is 0.339 e. The minimum absolute atomic E-state index is 0.103. The fourth-order valence-corrected chi connectivity index (χ4v) is 1.64. The Labute approximate surface area is 105 Å². The van der Waals surface area contributed by atoms with Crippen LogP contribution in [0.5, 0.6) is 0 Å². The second-order valence-corrected chi connectivity index (χ2v) is 4.13. The lowest BCUT2D eigenvalue weighted by molar-refractivity contribution is -0.120. The fourth-order valence-electron chi connectivity index (χ4n) is 1.64. The summed E-state index contributed by atoms with van der Waals surface area (Å²) in [6, 6.07) is 3.81. The molecule has 5 nitrogen and oxygen atoms in total. The number of aromatic nitrogens is 3. The highest BCUT2D eigenvalue weighted by atomic mass is 16.5. The third-order valence-corrected chi connectivity index (χ3v) is 2.77. The Hall–Kier alpha value is -2.04. The molecular weight excluding hydrogens is 230 g/mol. The first-order chi connectivity index (χ1) is 8.70. The summed E-state index contributed by atoms with van der Waals surface area (Å²) in [6.45, 7) is 3.61. The third kappa shape index (κ3) is 2.80. The van der Waals surface area contributed by atoms with E-state index in [4.69, 9.17) is 4.52 Å². The summed E-state index contributed by atoms with van der Waals surface area (Å²) in [4.78, 5) is 19.8. The molecule has 0 N–H and O–H groups in total. The minimum Gasteiger partial charge on any atom is -0.339 e. The highest BCUT2D eigenvalue weighted by molar-refractivity contribution is 5.83. The molecule has 0 aliphatic rings. The molecule has 0 aliphatic carbocycles. The van der Waals surface area contributed by atoms with Gasteiger partial charge in [0.05, 0.1) is 5.92 Å². The van der Waals surface area contributed by atoms with Crippen molar-refractivity contribution in [3.63, 3.8) is 0 Å². The molecule has 0 saturated carbocycles. The Kier molecular flexibility index (Phi) is 3.82. The first kappa shape index (κ1) is 12.4. The van der Waals surface area contributed by atoms with Crippen molar-refractivity contribution >= 4 is 5.78 Å². The van der Waals surface area contributed by atoms with Gasteiger partial charge in [-0.25, -0.2) is 0 Å². The zero-order valence-electron chi connectivity index (χ0n) is 10.5. The molecule has 0 spiro atoms. The molecule has 5 heteroatoms. The maximum Gasteiger partial charge on any atom is 0.236 e. The summed E-state index contributed by atoms with van der Waals surface area (Å²) in [6.07, 6.45) is 4.51. The Morgan fingerprint density at radius 1 is 1.50 bits per heavy atom. The van der Waals surface area contributed by atoms with Gasteiger partial charge in [-0.1, -0.05) is 18.1 Å². The van der Waals surface area contributed by atoms with Gasteiger partial charge in [0.1, 0.15) is 5.78 Å². The molecule has 0 radical (unpaired) electrons. The second-order valence-electron chi connectivity index (χ2n) is 4.13. The predicted octanol–water partition coefficient (Wildman–Crippen LogP) is 2.14. The summed E-state index contributed by atoms with van der Waals surface area (Å²) in [7, 11) is 0. The first-order valence-corrected chi connectivity index (χ1v) is 5.94. The minimum atomic E-state index is -0.329. The summed E-state index contributed by atoms with van der Waals surface area (Å²) in [5, 5.41) is 3.88. The normalized spacial score (nSPS) is 12.3. The standard InChI is InChI=1S/C13H15N3O2/c1-3-11(17)9(2)13-15-12(16-18-13)7-10-5-4-6-14-8-10/h4-6,8-9H,3,7H2,1-2H3. The average Bonchev–Trinajstić information content (AvgIpc) is 2.86. The van der Waals surface area contributed by atoms with Gasteiger partial charge in [-0.15, -0.1) is 0 Å². The van der Waals surface area contributed by atoms with Crippen molar-refractivity contribution in [1.29, 1.82) is 0 Å². The van der Waals surface area contributed by atoms with Crippen molar-refractivity contribution in [2.24, 2.45) is 0 Å². The van der Waals surface area contributed by atoms with Crippen LogP contribution in [0.15, 0.2) is 29.0 Å². The Balaban J connectivity index is 2.09. The van der Waals surface area contributed by atoms with E-state index in [0.29, 0.717) is 24.6 Å². The van der Waals surface area contributed by atoms with Crippen molar-refractivity contribution < 1.29 is 9.32 Å². The Bertz CT molecular complexity index is 522. The molecule has 1 unspecified atom stereocenters. The first-order valence-electron chi connectivity index (χ1n) is 5.94. The van der Waals surface area contributed by atoms with Gasteiger partial charge in [0, 0.05) is 25.2 Å². The summed E-state index contributed by atoms with van der Waals surface area (Å²) < 4.78 is 5.12. The van der Waals surface area contributed by atoms with Crippen molar-refractivity contribution in [3.05, 3.63) is 41.8 Å². The van der Waals surface area contributed by atoms with E-state index < -0.39 is 0 Å². The molecule has 0 aliphatic heterocycles.